The predicted molar refractivity (Wildman–Crippen MR) is 122 cm³/mol. The van der Waals surface area contributed by atoms with E-state index in [2.05, 4.69) is 36.4 Å². The minimum Gasteiger partial charge on any atom is -0.497 e. The molecule has 0 spiro atoms. The van der Waals surface area contributed by atoms with Gasteiger partial charge in [0.25, 0.3) is 0 Å². The van der Waals surface area contributed by atoms with E-state index >= 15 is 0 Å². The van der Waals surface area contributed by atoms with Gasteiger partial charge in [-0.3, -0.25) is 4.79 Å². The Hall–Kier alpha value is -2.49. The maximum Gasteiger partial charge on any atom is 0.309 e. The number of rotatable bonds is 9. The Morgan fingerprint density at radius 2 is 1.77 bits per heavy atom. The zero-order valence-electron chi connectivity index (χ0n) is 18.9. The highest BCUT2D eigenvalue weighted by Crippen LogP contribution is 2.47. The molecular formula is C27H34O4. The van der Waals surface area contributed by atoms with E-state index in [0.717, 1.165) is 24.5 Å². The van der Waals surface area contributed by atoms with Gasteiger partial charge < -0.3 is 14.2 Å². The summed E-state index contributed by atoms with van der Waals surface area (Å²) in [6.07, 6.45) is 5.90. The largest absolute Gasteiger partial charge is 0.497 e. The highest BCUT2D eigenvalue weighted by molar-refractivity contribution is 5.73. The van der Waals surface area contributed by atoms with Crippen LogP contribution in [0.1, 0.15) is 62.0 Å². The van der Waals surface area contributed by atoms with Crippen LogP contribution in [0.5, 0.6) is 11.5 Å². The first-order chi connectivity index (χ1) is 15.1. The lowest BCUT2D eigenvalue weighted by Gasteiger charge is -2.23. The minimum absolute atomic E-state index is 0.127. The SMILES string of the molecule is COC(=O)[C@@H](C)[C@H](c1cccc(OCC2CCC(c3cccc(OC)c3)C2)c1)C1CC1. The number of hydrogen-bond donors (Lipinski definition) is 0. The molecule has 2 unspecified atom stereocenters. The molecule has 0 aliphatic heterocycles. The number of methoxy groups -OCH3 is 2. The molecule has 2 saturated carbocycles. The highest BCUT2D eigenvalue weighted by Gasteiger charge is 2.39. The second-order valence-corrected chi connectivity index (χ2v) is 9.21. The number of carbonyl (C=O) groups is 1. The third-order valence-corrected chi connectivity index (χ3v) is 7.08. The Morgan fingerprint density at radius 1 is 1.00 bits per heavy atom. The second-order valence-electron chi connectivity index (χ2n) is 9.21. The first kappa shape index (κ1) is 21.7. The lowest BCUT2D eigenvalue weighted by Crippen LogP contribution is -2.22. The highest BCUT2D eigenvalue weighted by atomic mass is 16.5. The van der Waals surface area contributed by atoms with Crippen LogP contribution in [0, 0.1) is 17.8 Å². The van der Waals surface area contributed by atoms with Crippen molar-refractivity contribution in [2.45, 2.75) is 50.9 Å². The van der Waals surface area contributed by atoms with E-state index in [0.29, 0.717) is 17.8 Å². The summed E-state index contributed by atoms with van der Waals surface area (Å²) in [5.74, 6) is 3.50. The summed E-state index contributed by atoms with van der Waals surface area (Å²) in [7, 11) is 3.20. The molecule has 2 aliphatic rings. The van der Waals surface area contributed by atoms with Gasteiger partial charge in [0.05, 0.1) is 26.7 Å². The molecule has 2 aliphatic carbocycles. The van der Waals surface area contributed by atoms with Gasteiger partial charge in [-0.1, -0.05) is 31.2 Å². The normalized spacial score (nSPS) is 22.5. The van der Waals surface area contributed by atoms with Gasteiger partial charge in [0, 0.05) is 0 Å². The standard InChI is InChI=1S/C27H34O4/c1-18(27(28)30-3)26(20-12-13-20)23-7-5-9-25(16-23)31-17-19-10-11-22(14-19)21-6-4-8-24(15-21)29-2/h4-9,15-16,18-20,22,26H,10-14,17H2,1-3H3/t18-,19?,22?,26-/m0/s1. The minimum atomic E-state index is -0.133. The number of carbonyl (C=O) groups excluding carboxylic acids is 1. The van der Waals surface area contributed by atoms with Gasteiger partial charge in [-0.05, 0) is 91.2 Å². The molecule has 31 heavy (non-hydrogen) atoms. The third-order valence-electron chi connectivity index (χ3n) is 7.08. The lowest BCUT2D eigenvalue weighted by molar-refractivity contribution is -0.145. The molecular weight excluding hydrogens is 388 g/mol. The van der Waals surface area contributed by atoms with Crippen LogP contribution in [0.3, 0.4) is 0 Å². The third kappa shape index (κ3) is 5.23. The fourth-order valence-corrected chi connectivity index (χ4v) is 5.21. The van der Waals surface area contributed by atoms with Crippen molar-refractivity contribution in [1.82, 2.24) is 0 Å². The predicted octanol–water partition coefficient (Wildman–Crippen LogP) is 5.96. The molecule has 0 N–H and O–H groups in total. The molecule has 0 heterocycles. The second kappa shape index (κ2) is 9.76. The van der Waals surface area contributed by atoms with Crippen molar-refractivity contribution in [3.8, 4) is 11.5 Å². The fourth-order valence-electron chi connectivity index (χ4n) is 5.21. The van der Waals surface area contributed by atoms with Gasteiger partial charge in [0.1, 0.15) is 11.5 Å². The molecule has 0 amide bonds. The zero-order valence-corrected chi connectivity index (χ0v) is 18.9. The Labute approximate surface area is 185 Å². The van der Waals surface area contributed by atoms with Gasteiger partial charge in [-0.2, -0.15) is 0 Å². The van der Waals surface area contributed by atoms with E-state index < -0.39 is 0 Å². The number of esters is 1. The maximum atomic E-state index is 12.2. The quantitative estimate of drug-likeness (QED) is 0.468. The van der Waals surface area contributed by atoms with Gasteiger partial charge >= 0.3 is 5.97 Å². The van der Waals surface area contributed by atoms with Gasteiger partial charge in [0.2, 0.25) is 0 Å². The van der Waals surface area contributed by atoms with Gasteiger partial charge in [-0.25, -0.2) is 0 Å². The molecule has 0 bridgehead atoms. The summed E-state index contributed by atoms with van der Waals surface area (Å²) in [6.45, 7) is 2.73. The summed E-state index contributed by atoms with van der Waals surface area (Å²) in [5, 5.41) is 0. The molecule has 4 nitrogen and oxygen atoms in total. The van der Waals surface area contributed by atoms with E-state index in [1.807, 2.05) is 19.1 Å². The summed E-state index contributed by atoms with van der Waals surface area (Å²) in [5.41, 5.74) is 2.56. The van der Waals surface area contributed by atoms with Crippen LogP contribution < -0.4 is 9.47 Å². The van der Waals surface area contributed by atoms with Crippen LogP contribution in [0.4, 0.5) is 0 Å². The van der Waals surface area contributed by atoms with Crippen LogP contribution in [0.15, 0.2) is 48.5 Å². The summed E-state index contributed by atoms with van der Waals surface area (Å²) < 4.78 is 16.6. The average molecular weight is 423 g/mol. The monoisotopic (exact) mass is 422 g/mol. The topological polar surface area (TPSA) is 44.8 Å². The first-order valence-corrected chi connectivity index (χ1v) is 11.5. The van der Waals surface area contributed by atoms with Crippen LogP contribution in [0.25, 0.3) is 0 Å². The molecule has 4 rings (SSSR count). The zero-order chi connectivity index (χ0) is 21.8. The Morgan fingerprint density at radius 3 is 2.52 bits per heavy atom. The molecule has 0 saturated heterocycles. The molecule has 4 atom stereocenters. The molecule has 166 valence electrons. The Kier molecular flexibility index (Phi) is 6.84. The summed E-state index contributed by atoms with van der Waals surface area (Å²) in [4.78, 5) is 12.2. The van der Waals surface area contributed by atoms with E-state index in [9.17, 15) is 4.79 Å². The van der Waals surface area contributed by atoms with E-state index in [4.69, 9.17) is 14.2 Å². The van der Waals surface area contributed by atoms with Crippen molar-refractivity contribution in [3.63, 3.8) is 0 Å². The van der Waals surface area contributed by atoms with Crippen LogP contribution in [0.2, 0.25) is 0 Å². The van der Waals surface area contributed by atoms with Crippen molar-refractivity contribution in [1.29, 1.82) is 0 Å². The first-order valence-electron chi connectivity index (χ1n) is 11.5. The number of hydrogen-bond acceptors (Lipinski definition) is 4. The van der Waals surface area contributed by atoms with Crippen molar-refractivity contribution >= 4 is 5.97 Å². The van der Waals surface area contributed by atoms with Crippen molar-refractivity contribution in [2.24, 2.45) is 17.8 Å². The van der Waals surface area contributed by atoms with E-state index in [1.54, 1.807) is 7.11 Å². The molecule has 0 radical (unpaired) electrons. The average Bonchev–Trinajstić information content (AvgIpc) is 3.52. The maximum absolute atomic E-state index is 12.2. The van der Waals surface area contributed by atoms with Crippen molar-refractivity contribution in [3.05, 3.63) is 59.7 Å². The van der Waals surface area contributed by atoms with Crippen LogP contribution in [-0.4, -0.2) is 26.8 Å². The van der Waals surface area contributed by atoms with Gasteiger partial charge in [-0.15, -0.1) is 0 Å². The smallest absolute Gasteiger partial charge is 0.309 e. The van der Waals surface area contributed by atoms with Crippen molar-refractivity contribution < 1.29 is 19.0 Å². The molecule has 2 aromatic rings. The van der Waals surface area contributed by atoms with E-state index in [-0.39, 0.29) is 17.8 Å². The molecule has 2 fully saturated rings. The Balaban J connectivity index is 1.37. The van der Waals surface area contributed by atoms with E-state index in [1.165, 1.54) is 43.9 Å². The molecule has 0 aromatic heterocycles. The molecule has 4 heteroatoms. The number of ether oxygens (including phenoxy) is 3. The Bertz CT molecular complexity index is 888. The fraction of sp³-hybridized carbons (Fsp3) is 0.519. The van der Waals surface area contributed by atoms with Gasteiger partial charge in [0.15, 0.2) is 0 Å². The van der Waals surface area contributed by atoms with Crippen molar-refractivity contribution in [2.75, 3.05) is 20.8 Å². The number of benzene rings is 2. The van der Waals surface area contributed by atoms with Crippen LogP contribution in [-0.2, 0) is 9.53 Å². The van der Waals surface area contributed by atoms with Crippen LogP contribution >= 0.6 is 0 Å². The summed E-state index contributed by atoms with van der Waals surface area (Å²) >= 11 is 0. The molecule has 2 aromatic carbocycles. The summed E-state index contributed by atoms with van der Waals surface area (Å²) in [6, 6.07) is 16.8. The lowest BCUT2D eigenvalue weighted by atomic mass is 9.83.